The van der Waals surface area contributed by atoms with E-state index in [-0.39, 0.29) is 5.82 Å². The third-order valence-electron chi connectivity index (χ3n) is 2.75. The summed E-state index contributed by atoms with van der Waals surface area (Å²) < 4.78 is 12.8. The first kappa shape index (κ1) is 11.2. The number of hydrogen-bond acceptors (Lipinski definition) is 0. The molecule has 0 amide bonds. The zero-order valence-corrected chi connectivity index (χ0v) is 9.09. The average Bonchev–Trinajstić information content (AvgIpc) is 2.17. The molecule has 0 heterocycles. The molecule has 0 aliphatic carbocycles. The molecule has 1 rings (SSSR count). The van der Waals surface area contributed by atoms with Gasteiger partial charge >= 0.3 is 0 Å². The molecule has 0 aromatic heterocycles. The van der Waals surface area contributed by atoms with Crippen molar-refractivity contribution in [1.82, 2.24) is 0 Å². The molecule has 0 radical (unpaired) electrons. The van der Waals surface area contributed by atoms with Gasteiger partial charge < -0.3 is 0 Å². The molecule has 0 saturated heterocycles. The second-order valence-corrected chi connectivity index (χ2v) is 4.04. The highest BCUT2D eigenvalue weighted by Gasteiger charge is 1.99. The third-order valence-corrected chi connectivity index (χ3v) is 2.75. The highest BCUT2D eigenvalue weighted by atomic mass is 19.1. The Kier molecular flexibility index (Phi) is 4.64. The number of benzene rings is 1. The van der Waals surface area contributed by atoms with Crippen LogP contribution in [0.5, 0.6) is 0 Å². The molecule has 14 heavy (non-hydrogen) atoms. The van der Waals surface area contributed by atoms with E-state index in [1.54, 1.807) is 12.1 Å². The van der Waals surface area contributed by atoms with Gasteiger partial charge in [-0.1, -0.05) is 38.8 Å². The van der Waals surface area contributed by atoms with Crippen molar-refractivity contribution in [3.63, 3.8) is 0 Å². The van der Waals surface area contributed by atoms with Crippen LogP contribution in [-0.4, -0.2) is 0 Å². The number of hydrogen-bond donors (Lipinski definition) is 0. The lowest BCUT2D eigenvalue weighted by molar-refractivity contribution is 0.495. The number of aryl methyl sites for hydroxylation is 1. The van der Waals surface area contributed by atoms with Gasteiger partial charge in [-0.05, 0) is 36.5 Å². The fourth-order valence-electron chi connectivity index (χ4n) is 1.55. The molecule has 0 aliphatic rings. The van der Waals surface area contributed by atoms with Gasteiger partial charge in [0.15, 0.2) is 0 Å². The van der Waals surface area contributed by atoms with Gasteiger partial charge in [-0.15, -0.1) is 0 Å². The van der Waals surface area contributed by atoms with Crippen molar-refractivity contribution >= 4 is 0 Å². The van der Waals surface area contributed by atoms with E-state index in [9.17, 15) is 4.39 Å². The normalized spacial score (nSPS) is 12.8. The van der Waals surface area contributed by atoms with Crippen molar-refractivity contribution in [3.05, 3.63) is 35.6 Å². The van der Waals surface area contributed by atoms with Gasteiger partial charge in [0, 0.05) is 0 Å². The second kappa shape index (κ2) is 5.79. The molecule has 0 fully saturated rings. The summed E-state index contributed by atoms with van der Waals surface area (Å²) in [5.41, 5.74) is 1.12. The van der Waals surface area contributed by atoms with Crippen LogP contribution in [0.3, 0.4) is 0 Å². The van der Waals surface area contributed by atoms with Crippen molar-refractivity contribution in [2.75, 3.05) is 0 Å². The Balaban J connectivity index is 2.31. The van der Waals surface area contributed by atoms with E-state index in [1.165, 1.54) is 25.3 Å². The van der Waals surface area contributed by atoms with Crippen LogP contribution in [0, 0.1) is 11.7 Å². The van der Waals surface area contributed by atoms with E-state index >= 15 is 0 Å². The third kappa shape index (κ3) is 3.91. The SMILES string of the molecule is CCC(C)CCCc1cccc(F)c1. The summed E-state index contributed by atoms with van der Waals surface area (Å²) in [7, 11) is 0. The fourth-order valence-corrected chi connectivity index (χ4v) is 1.55. The van der Waals surface area contributed by atoms with E-state index in [4.69, 9.17) is 0 Å². The maximum atomic E-state index is 12.8. The highest BCUT2D eigenvalue weighted by Crippen LogP contribution is 2.13. The second-order valence-electron chi connectivity index (χ2n) is 4.04. The Morgan fingerprint density at radius 3 is 2.79 bits per heavy atom. The predicted octanol–water partition coefficient (Wildman–Crippen LogP) is 4.19. The maximum absolute atomic E-state index is 12.8. The molecular formula is C13H19F. The summed E-state index contributed by atoms with van der Waals surface area (Å²) in [6.45, 7) is 4.48. The first-order chi connectivity index (χ1) is 6.72. The summed E-state index contributed by atoms with van der Waals surface area (Å²) in [4.78, 5) is 0. The molecule has 0 bridgehead atoms. The van der Waals surface area contributed by atoms with Crippen molar-refractivity contribution in [3.8, 4) is 0 Å². The van der Waals surface area contributed by atoms with Crippen LogP contribution in [0.2, 0.25) is 0 Å². The van der Waals surface area contributed by atoms with Gasteiger partial charge in [0.2, 0.25) is 0 Å². The van der Waals surface area contributed by atoms with Crippen molar-refractivity contribution < 1.29 is 4.39 Å². The predicted molar refractivity (Wildman–Crippen MR) is 58.8 cm³/mol. The van der Waals surface area contributed by atoms with Crippen molar-refractivity contribution in [2.24, 2.45) is 5.92 Å². The van der Waals surface area contributed by atoms with Crippen LogP contribution >= 0.6 is 0 Å². The molecule has 0 spiro atoms. The van der Waals surface area contributed by atoms with Crippen LogP contribution in [0.1, 0.15) is 38.7 Å². The van der Waals surface area contributed by atoms with Crippen molar-refractivity contribution in [2.45, 2.75) is 39.5 Å². The minimum absolute atomic E-state index is 0.119. The van der Waals surface area contributed by atoms with Gasteiger partial charge in [-0.2, -0.15) is 0 Å². The molecule has 1 heteroatoms. The van der Waals surface area contributed by atoms with Crippen molar-refractivity contribution in [1.29, 1.82) is 0 Å². The summed E-state index contributed by atoms with van der Waals surface area (Å²) in [6.07, 6.45) is 4.65. The molecule has 1 aromatic carbocycles. The summed E-state index contributed by atoms with van der Waals surface area (Å²) >= 11 is 0. The number of rotatable bonds is 5. The summed E-state index contributed by atoms with van der Waals surface area (Å²) in [5.74, 6) is 0.676. The molecule has 1 atom stereocenters. The van der Waals surface area contributed by atoms with E-state index in [1.807, 2.05) is 6.07 Å². The van der Waals surface area contributed by atoms with Crippen LogP contribution < -0.4 is 0 Å². The minimum Gasteiger partial charge on any atom is -0.207 e. The van der Waals surface area contributed by atoms with Crippen LogP contribution in [-0.2, 0) is 6.42 Å². The molecule has 0 nitrogen and oxygen atoms in total. The van der Waals surface area contributed by atoms with Gasteiger partial charge in [0.25, 0.3) is 0 Å². The van der Waals surface area contributed by atoms with Gasteiger partial charge in [0.1, 0.15) is 5.82 Å². The van der Waals surface area contributed by atoms with Gasteiger partial charge in [0.05, 0.1) is 0 Å². The zero-order valence-electron chi connectivity index (χ0n) is 9.09. The first-order valence-electron chi connectivity index (χ1n) is 5.46. The smallest absolute Gasteiger partial charge is 0.123 e. The van der Waals surface area contributed by atoms with E-state index in [0.29, 0.717) is 0 Å². The molecule has 1 aromatic rings. The number of halogens is 1. The van der Waals surface area contributed by atoms with Crippen LogP contribution in [0.4, 0.5) is 4.39 Å². The Labute approximate surface area is 86.2 Å². The Bertz CT molecular complexity index is 268. The van der Waals surface area contributed by atoms with E-state index in [2.05, 4.69) is 13.8 Å². The topological polar surface area (TPSA) is 0 Å². The molecule has 0 aliphatic heterocycles. The van der Waals surface area contributed by atoms with Crippen LogP contribution in [0.25, 0.3) is 0 Å². The lowest BCUT2D eigenvalue weighted by Crippen LogP contribution is -1.94. The summed E-state index contributed by atoms with van der Waals surface area (Å²) in [6, 6.07) is 6.92. The highest BCUT2D eigenvalue weighted by molar-refractivity contribution is 5.16. The first-order valence-corrected chi connectivity index (χ1v) is 5.46. The Morgan fingerprint density at radius 2 is 2.14 bits per heavy atom. The van der Waals surface area contributed by atoms with Gasteiger partial charge in [-0.3, -0.25) is 0 Å². The lowest BCUT2D eigenvalue weighted by atomic mass is 9.99. The molecule has 0 N–H and O–H groups in total. The average molecular weight is 194 g/mol. The monoisotopic (exact) mass is 194 g/mol. The fraction of sp³-hybridized carbons (Fsp3) is 0.538. The quantitative estimate of drug-likeness (QED) is 0.659. The Morgan fingerprint density at radius 1 is 1.36 bits per heavy atom. The zero-order chi connectivity index (χ0) is 10.4. The molecule has 1 unspecified atom stereocenters. The van der Waals surface area contributed by atoms with E-state index < -0.39 is 0 Å². The van der Waals surface area contributed by atoms with Crippen LogP contribution in [0.15, 0.2) is 24.3 Å². The minimum atomic E-state index is -0.119. The lowest BCUT2D eigenvalue weighted by Gasteiger charge is -2.07. The van der Waals surface area contributed by atoms with E-state index in [0.717, 1.165) is 17.9 Å². The Hall–Kier alpha value is -0.850. The van der Waals surface area contributed by atoms with Gasteiger partial charge in [-0.25, -0.2) is 4.39 Å². The molecule has 78 valence electrons. The molecular weight excluding hydrogens is 175 g/mol. The largest absolute Gasteiger partial charge is 0.207 e. The summed E-state index contributed by atoms with van der Waals surface area (Å²) in [5, 5.41) is 0. The maximum Gasteiger partial charge on any atom is 0.123 e. The standard InChI is InChI=1S/C13H19F/c1-3-11(2)6-4-7-12-8-5-9-13(14)10-12/h5,8-11H,3-4,6-7H2,1-2H3. The molecule has 0 saturated carbocycles.